The van der Waals surface area contributed by atoms with Crippen LogP contribution in [-0.2, 0) is 0 Å². The van der Waals surface area contributed by atoms with Gasteiger partial charge < -0.3 is 5.73 Å². The maximum Gasteiger partial charge on any atom is -0.00462 e. The van der Waals surface area contributed by atoms with Crippen molar-refractivity contribution >= 4 is 0 Å². The van der Waals surface area contributed by atoms with Gasteiger partial charge in [-0.15, -0.1) is 0 Å². The molecule has 4 unspecified atom stereocenters. The van der Waals surface area contributed by atoms with Crippen LogP contribution in [-0.4, -0.2) is 6.54 Å². The first-order valence-corrected chi connectivity index (χ1v) is 7.78. The second-order valence-corrected chi connectivity index (χ2v) is 6.51. The van der Waals surface area contributed by atoms with Gasteiger partial charge in [0.05, 0.1) is 0 Å². The zero-order chi connectivity index (χ0) is 12.9. The first-order chi connectivity index (χ1) is 8.08. The fraction of sp³-hybridized carbons (Fsp3) is 1.00. The molecule has 17 heavy (non-hydrogen) atoms. The molecule has 4 atom stereocenters. The molecule has 0 spiro atoms. The zero-order valence-electron chi connectivity index (χ0n) is 12.5. The quantitative estimate of drug-likeness (QED) is 0.690. The van der Waals surface area contributed by atoms with Gasteiger partial charge in [0.1, 0.15) is 0 Å². The van der Waals surface area contributed by atoms with Crippen LogP contribution in [0.4, 0.5) is 0 Å². The molecule has 0 aromatic carbocycles. The topological polar surface area (TPSA) is 26.0 Å². The third-order valence-electron chi connectivity index (χ3n) is 5.68. The van der Waals surface area contributed by atoms with Gasteiger partial charge in [0.2, 0.25) is 0 Å². The molecule has 1 saturated carbocycles. The van der Waals surface area contributed by atoms with E-state index in [4.69, 9.17) is 5.73 Å². The molecule has 1 aliphatic rings. The lowest BCUT2D eigenvalue weighted by atomic mass is 9.66. The minimum absolute atomic E-state index is 0.482. The van der Waals surface area contributed by atoms with Gasteiger partial charge in [-0.2, -0.15) is 0 Å². The van der Waals surface area contributed by atoms with Crippen LogP contribution in [0.5, 0.6) is 0 Å². The van der Waals surface area contributed by atoms with Gasteiger partial charge >= 0.3 is 0 Å². The van der Waals surface area contributed by atoms with E-state index in [9.17, 15) is 0 Å². The average Bonchev–Trinajstić information content (AvgIpc) is 2.83. The molecule has 1 heteroatoms. The summed E-state index contributed by atoms with van der Waals surface area (Å²) in [5, 5.41) is 0. The molecule has 2 N–H and O–H groups in total. The molecular formula is C16H33N. The molecule has 1 fully saturated rings. The van der Waals surface area contributed by atoms with E-state index in [1.165, 1.54) is 44.9 Å². The van der Waals surface area contributed by atoms with Crippen molar-refractivity contribution in [1.29, 1.82) is 0 Å². The van der Waals surface area contributed by atoms with E-state index in [-0.39, 0.29) is 0 Å². The van der Waals surface area contributed by atoms with Crippen LogP contribution in [0.15, 0.2) is 0 Å². The summed E-state index contributed by atoms with van der Waals surface area (Å²) in [5.74, 6) is 2.60. The lowest BCUT2D eigenvalue weighted by Gasteiger charge is -2.40. The van der Waals surface area contributed by atoms with Crippen molar-refractivity contribution in [2.75, 3.05) is 6.54 Å². The molecule has 0 aliphatic heterocycles. The number of unbranched alkanes of at least 4 members (excludes halogenated alkanes) is 1. The summed E-state index contributed by atoms with van der Waals surface area (Å²) < 4.78 is 0. The number of hydrogen-bond acceptors (Lipinski definition) is 1. The summed E-state index contributed by atoms with van der Waals surface area (Å²) in [4.78, 5) is 0. The van der Waals surface area contributed by atoms with Crippen LogP contribution in [0.25, 0.3) is 0 Å². The minimum atomic E-state index is 0.482. The molecule has 1 aliphatic carbocycles. The highest BCUT2D eigenvalue weighted by Crippen LogP contribution is 2.49. The highest BCUT2D eigenvalue weighted by molar-refractivity contribution is 4.91. The maximum atomic E-state index is 5.92. The highest BCUT2D eigenvalue weighted by Gasteiger charge is 2.40. The first-order valence-electron chi connectivity index (χ1n) is 7.78. The van der Waals surface area contributed by atoms with E-state index < -0.39 is 0 Å². The van der Waals surface area contributed by atoms with Crippen molar-refractivity contribution in [3.63, 3.8) is 0 Å². The Kier molecular flexibility index (Phi) is 5.99. The fourth-order valence-corrected chi connectivity index (χ4v) is 3.74. The highest BCUT2D eigenvalue weighted by atomic mass is 14.6. The van der Waals surface area contributed by atoms with Crippen LogP contribution >= 0.6 is 0 Å². The summed E-state index contributed by atoms with van der Waals surface area (Å²) in [6.07, 6.45) is 9.91. The number of rotatable bonds is 7. The van der Waals surface area contributed by atoms with Crippen LogP contribution < -0.4 is 5.73 Å². The van der Waals surface area contributed by atoms with Gasteiger partial charge in [0, 0.05) is 0 Å². The molecule has 102 valence electrons. The van der Waals surface area contributed by atoms with Gasteiger partial charge in [-0.3, -0.25) is 0 Å². The van der Waals surface area contributed by atoms with E-state index in [1.807, 2.05) is 0 Å². The molecule has 0 amide bonds. The van der Waals surface area contributed by atoms with Crippen LogP contribution in [0.3, 0.4) is 0 Å². The van der Waals surface area contributed by atoms with Gasteiger partial charge in [-0.1, -0.05) is 59.8 Å². The predicted molar refractivity (Wildman–Crippen MR) is 77.0 cm³/mol. The standard InChI is InChI=1S/C16H33N/c1-5-7-8-14-9-10-15(11-14)16(4,6-2)13(3)12-17/h13-15H,5-12,17H2,1-4H3. The monoisotopic (exact) mass is 239 g/mol. The van der Waals surface area contributed by atoms with Crippen LogP contribution in [0.1, 0.15) is 72.6 Å². The largest absolute Gasteiger partial charge is 0.330 e. The van der Waals surface area contributed by atoms with Crippen molar-refractivity contribution in [3.8, 4) is 0 Å². The fourth-order valence-electron chi connectivity index (χ4n) is 3.74. The second-order valence-electron chi connectivity index (χ2n) is 6.51. The van der Waals surface area contributed by atoms with E-state index in [1.54, 1.807) is 0 Å². The molecular weight excluding hydrogens is 206 g/mol. The van der Waals surface area contributed by atoms with Crippen molar-refractivity contribution < 1.29 is 0 Å². The summed E-state index contributed by atoms with van der Waals surface area (Å²) in [6, 6.07) is 0. The molecule has 0 aromatic rings. The molecule has 1 rings (SSSR count). The minimum Gasteiger partial charge on any atom is -0.330 e. The van der Waals surface area contributed by atoms with Gasteiger partial charge in [0.25, 0.3) is 0 Å². The molecule has 0 bridgehead atoms. The third kappa shape index (κ3) is 3.47. The third-order valence-corrected chi connectivity index (χ3v) is 5.68. The van der Waals surface area contributed by atoms with Crippen molar-refractivity contribution in [1.82, 2.24) is 0 Å². The zero-order valence-corrected chi connectivity index (χ0v) is 12.5. The summed E-state index contributed by atoms with van der Waals surface area (Å²) >= 11 is 0. The summed E-state index contributed by atoms with van der Waals surface area (Å²) in [5.41, 5.74) is 6.40. The molecule has 0 heterocycles. The average molecular weight is 239 g/mol. The Bertz CT molecular complexity index is 214. The van der Waals surface area contributed by atoms with E-state index in [2.05, 4.69) is 27.7 Å². The number of nitrogens with two attached hydrogens (primary N) is 1. The Morgan fingerprint density at radius 1 is 1.29 bits per heavy atom. The van der Waals surface area contributed by atoms with Crippen molar-refractivity contribution in [3.05, 3.63) is 0 Å². The normalized spacial score (nSPS) is 30.2. The molecule has 0 saturated heterocycles. The molecule has 0 radical (unpaired) electrons. The first kappa shape index (κ1) is 15.0. The van der Waals surface area contributed by atoms with Crippen molar-refractivity contribution in [2.45, 2.75) is 72.6 Å². The molecule has 1 nitrogen and oxygen atoms in total. The second kappa shape index (κ2) is 6.78. The maximum absolute atomic E-state index is 5.92. The lowest BCUT2D eigenvalue weighted by Crippen LogP contribution is -2.36. The van der Waals surface area contributed by atoms with Crippen LogP contribution in [0, 0.1) is 23.2 Å². The van der Waals surface area contributed by atoms with Gasteiger partial charge in [-0.05, 0) is 42.6 Å². The lowest BCUT2D eigenvalue weighted by molar-refractivity contribution is 0.100. The van der Waals surface area contributed by atoms with E-state index >= 15 is 0 Å². The summed E-state index contributed by atoms with van der Waals surface area (Å²) in [7, 11) is 0. The van der Waals surface area contributed by atoms with Gasteiger partial charge in [-0.25, -0.2) is 0 Å². The number of hydrogen-bond donors (Lipinski definition) is 1. The molecule has 0 aromatic heterocycles. The smallest absolute Gasteiger partial charge is 0.00462 e. The Morgan fingerprint density at radius 2 is 2.00 bits per heavy atom. The SMILES string of the molecule is CCCCC1CCC(C(C)(CC)C(C)CN)C1. The Morgan fingerprint density at radius 3 is 2.53 bits per heavy atom. The predicted octanol–water partition coefficient (Wildman–Crippen LogP) is 4.60. The van der Waals surface area contributed by atoms with Crippen LogP contribution in [0.2, 0.25) is 0 Å². The van der Waals surface area contributed by atoms with Crippen molar-refractivity contribution in [2.24, 2.45) is 28.9 Å². The Hall–Kier alpha value is -0.0400. The van der Waals surface area contributed by atoms with E-state index in [0.717, 1.165) is 18.4 Å². The summed E-state index contributed by atoms with van der Waals surface area (Å²) in [6.45, 7) is 10.3. The Balaban J connectivity index is 2.55. The van der Waals surface area contributed by atoms with Gasteiger partial charge in [0.15, 0.2) is 0 Å². The Labute approximate surface area is 109 Å². The van der Waals surface area contributed by atoms with E-state index in [0.29, 0.717) is 11.3 Å².